The van der Waals surface area contributed by atoms with E-state index in [4.69, 9.17) is 18.0 Å². The van der Waals surface area contributed by atoms with Crippen LogP contribution in [0.5, 0.6) is 0 Å². The van der Waals surface area contributed by atoms with E-state index in [1.165, 1.54) is 0 Å². The molecule has 1 unspecified atom stereocenters. The van der Waals surface area contributed by atoms with Gasteiger partial charge >= 0.3 is 0 Å². The molecule has 0 aliphatic carbocycles. The number of carbonyl (C=O) groups excluding carboxylic acids is 1. The molecule has 86 valence electrons. The van der Waals surface area contributed by atoms with Crippen LogP contribution >= 0.6 is 12.2 Å². The number of aryl methyl sites for hydroxylation is 1. The third-order valence-electron chi connectivity index (χ3n) is 2.06. The molecule has 4 nitrogen and oxygen atoms in total. The van der Waals surface area contributed by atoms with Gasteiger partial charge in [0.25, 0.3) is 5.91 Å². The van der Waals surface area contributed by atoms with E-state index >= 15 is 0 Å². The fourth-order valence-electron chi connectivity index (χ4n) is 1.26. The number of thiocarbonyl (C=S) groups is 1. The molecule has 1 atom stereocenters. The molecule has 0 fully saturated rings. The zero-order valence-electron chi connectivity index (χ0n) is 9.36. The number of nitrogens with zero attached hydrogens (tertiary/aromatic N) is 1. The van der Waals surface area contributed by atoms with Crippen molar-refractivity contribution in [1.29, 1.82) is 0 Å². The van der Waals surface area contributed by atoms with Crippen molar-refractivity contribution in [2.45, 2.75) is 26.3 Å². The van der Waals surface area contributed by atoms with E-state index in [0.717, 1.165) is 5.69 Å². The Morgan fingerprint density at radius 2 is 2.31 bits per heavy atom. The summed E-state index contributed by atoms with van der Waals surface area (Å²) in [4.78, 5) is 16.2. The number of amides is 1. The van der Waals surface area contributed by atoms with E-state index < -0.39 is 0 Å². The van der Waals surface area contributed by atoms with E-state index in [-0.39, 0.29) is 11.9 Å². The van der Waals surface area contributed by atoms with Crippen molar-refractivity contribution in [3.8, 4) is 0 Å². The molecule has 0 saturated carbocycles. The fraction of sp³-hybridized carbons (Fsp3) is 0.364. The van der Waals surface area contributed by atoms with Crippen LogP contribution in [0.3, 0.4) is 0 Å². The van der Waals surface area contributed by atoms with Crippen LogP contribution in [-0.4, -0.2) is 21.9 Å². The summed E-state index contributed by atoms with van der Waals surface area (Å²) >= 11 is 4.77. The Hall–Kier alpha value is -1.49. The molecule has 3 N–H and O–H groups in total. The molecule has 0 spiro atoms. The van der Waals surface area contributed by atoms with Gasteiger partial charge in [0.15, 0.2) is 0 Å². The number of rotatable bonds is 4. The summed E-state index contributed by atoms with van der Waals surface area (Å²) in [5, 5.41) is 2.80. The Morgan fingerprint density at radius 1 is 1.62 bits per heavy atom. The SMILES string of the molecule is Cc1ccc(C(=O)NC(C)CC(N)=S)cn1. The van der Waals surface area contributed by atoms with Gasteiger partial charge in [0, 0.05) is 24.4 Å². The summed E-state index contributed by atoms with van der Waals surface area (Å²) in [6, 6.07) is 3.48. The minimum Gasteiger partial charge on any atom is -0.393 e. The fourth-order valence-corrected chi connectivity index (χ4v) is 1.51. The maximum Gasteiger partial charge on any atom is 0.253 e. The molecule has 1 aromatic heterocycles. The van der Waals surface area contributed by atoms with E-state index in [0.29, 0.717) is 17.0 Å². The third-order valence-corrected chi connectivity index (χ3v) is 2.23. The maximum absolute atomic E-state index is 11.7. The molecular weight excluding hydrogens is 222 g/mol. The van der Waals surface area contributed by atoms with Crippen LogP contribution in [0.1, 0.15) is 29.4 Å². The normalized spacial score (nSPS) is 11.9. The van der Waals surface area contributed by atoms with E-state index in [9.17, 15) is 4.79 Å². The first-order chi connectivity index (χ1) is 7.49. The van der Waals surface area contributed by atoms with Crippen LogP contribution in [0.4, 0.5) is 0 Å². The predicted molar refractivity (Wildman–Crippen MR) is 67.3 cm³/mol. The molecule has 1 aromatic rings. The highest BCUT2D eigenvalue weighted by Gasteiger charge is 2.10. The number of nitrogens with two attached hydrogens (primary N) is 1. The summed E-state index contributed by atoms with van der Waals surface area (Å²) in [7, 11) is 0. The molecule has 1 amide bonds. The van der Waals surface area contributed by atoms with Gasteiger partial charge in [0.1, 0.15) is 0 Å². The molecule has 16 heavy (non-hydrogen) atoms. The Bertz CT molecular complexity index is 389. The average molecular weight is 237 g/mol. The third kappa shape index (κ3) is 3.94. The second kappa shape index (κ2) is 5.55. The predicted octanol–water partition coefficient (Wildman–Crippen LogP) is 1.18. The van der Waals surface area contributed by atoms with E-state index in [2.05, 4.69) is 10.3 Å². The number of pyridine rings is 1. The summed E-state index contributed by atoms with van der Waals surface area (Å²) < 4.78 is 0. The minimum atomic E-state index is -0.156. The van der Waals surface area contributed by atoms with E-state index in [1.807, 2.05) is 13.8 Å². The first-order valence-electron chi connectivity index (χ1n) is 5.01. The highest BCUT2D eigenvalue weighted by molar-refractivity contribution is 7.80. The Labute approximate surface area is 100 Å². The standard InChI is InChI=1S/C11H15N3OS/c1-7-3-4-9(6-13-7)11(15)14-8(2)5-10(12)16/h3-4,6,8H,5H2,1-2H3,(H2,12,16)(H,14,15). The van der Waals surface area contributed by atoms with Gasteiger partial charge in [0.2, 0.25) is 0 Å². The van der Waals surface area contributed by atoms with Gasteiger partial charge in [-0.3, -0.25) is 9.78 Å². The first kappa shape index (κ1) is 12.6. The Balaban J connectivity index is 2.58. The monoisotopic (exact) mass is 237 g/mol. The zero-order chi connectivity index (χ0) is 12.1. The molecular formula is C11H15N3OS. The maximum atomic E-state index is 11.7. The molecule has 0 bridgehead atoms. The number of hydrogen-bond acceptors (Lipinski definition) is 3. The van der Waals surface area contributed by atoms with Gasteiger partial charge in [-0.25, -0.2) is 0 Å². The Morgan fingerprint density at radius 3 is 2.81 bits per heavy atom. The molecule has 0 radical (unpaired) electrons. The van der Waals surface area contributed by atoms with Crippen molar-refractivity contribution in [2.75, 3.05) is 0 Å². The van der Waals surface area contributed by atoms with Crippen LogP contribution in [0, 0.1) is 6.92 Å². The summed E-state index contributed by atoms with van der Waals surface area (Å²) in [5.41, 5.74) is 6.82. The minimum absolute atomic E-state index is 0.0636. The second-order valence-electron chi connectivity index (χ2n) is 3.73. The van der Waals surface area contributed by atoms with Crippen molar-refractivity contribution in [3.05, 3.63) is 29.6 Å². The molecule has 0 aliphatic heterocycles. The number of aromatic nitrogens is 1. The lowest BCUT2D eigenvalue weighted by Crippen LogP contribution is -2.35. The van der Waals surface area contributed by atoms with Crippen LogP contribution in [0.2, 0.25) is 0 Å². The lowest BCUT2D eigenvalue weighted by atomic mass is 10.2. The van der Waals surface area contributed by atoms with E-state index in [1.54, 1.807) is 18.3 Å². The summed E-state index contributed by atoms with van der Waals surface area (Å²) in [5.74, 6) is -0.156. The average Bonchev–Trinajstić information content (AvgIpc) is 2.16. The highest BCUT2D eigenvalue weighted by atomic mass is 32.1. The van der Waals surface area contributed by atoms with Crippen LogP contribution in [0.15, 0.2) is 18.3 Å². The molecule has 0 aliphatic rings. The van der Waals surface area contributed by atoms with Gasteiger partial charge in [-0.05, 0) is 26.0 Å². The summed E-state index contributed by atoms with van der Waals surface area (Å²) in [6.07, 6.45) is 2.05. The van der Waals surface area contributed by atoms with Crippen LogP contribution < -0.4 is 11.1 Å². The first-order valence-corrected chi connectivity index (χ1v) is 5.41. The number of nitrogens with one attached hydrogen (secondary N) is 1. The Kier molecular flexibility index (Phi) is 4.37. The lowest BCUT2D eigenvalue weighted by Gasteiger charge is -2.12. The smallest absolute Gasteiger partial charge is 0.253 e. The van der Waals surface area contributed by atoms with Crippen molar-refractivity contribution < 1.29 is 4.79 Å². The second-order valence-corrected chi connectivity index (χ2v) is 4.26. The van der Waals surface area contributed by atoms with Crippen molar-refractivity contribution in [3.63, 3.8) is 0 Å². The summed E-state index contributed by atoms with van der Waals surface area (Å²) in [6.45, 7) is 3.73. The van der Waals surface area contributed by atoms with Crippen LogP contribution in [-0.2, 0) is 0 Å². The van der Waals surface area contributed by atoms with Crippen molar-refractivity contribution >= 4 is 23.1 Å². The molecule has 5 heteroatoms. The van der Waals surface area contributed by atoms with Crippen LogP contribution in [0.25, 0.3) is 0 Å². The van der Waals surface area contributed by atoms with Gasteiger partial charge in [-0.2, -0.15) is 0 Å². The van der Waals surface area contributed by atoms with Crippen molar-refractivity contribution in [2.24, 2.45) is 5.73 Å². The largest absolute Gasteiger partial charge is 0.393 e. The molecule has 1 heterocycles. The quantitative estimate of drug-likeness (QED) is 0.772. The van der Waals surface area contributed by atoms with Gasteiger partial charge < -0.3 is 11.1 Å². The molecule has 0 aromatic carbocycles. The molecule has 1 rings (SSSR count). The molecule has 0 saturated heterocycles. The van der Waals surface area contributed by atoms with Crippen molar-refractivity contribution in [1.82, 2.24) is 10.3 Å². The zero-order valence-corrected chi connectivity index (χ0v) is 10.2. The van der Waals surface area contributed by atoms with Gasteiger partial charge in [0.05, 0.1) is 10.6 Å². The highest BCUT2D eigenvalue weighted by Crippen LogP contribution is 2.00. The topological polar surface area (TPSA) is 68.0 Å². The number of carbonyl (C=O) groups is 1. The number of hydrogen-bond donors (Lipinski definition) is 2. The van der Waals surface area contributed by atoms with Gasteiger partial charge in [-0.1, -0.05) is 12.2 Å². The van der Waals surface area contributed by atoms with Gasteiger partial charge in [-0.15, -0.1) is 0 Å². The lowest BCUT2D eigenvalue weighted by molar-refractivity contribution is 0.0941.